The molecule has 1 aliphatic carbocycles. The van der Waals surface area contributed by atoms with Gasteiger partial charge in [-0.2, -0.15) is 0 Å². The molecule has 3 aromatic rings. The van der Waals surface area contributed by atoms with Crippen LogP contribution in [0.5, 0.6) is 11.5 Å². The van der Waals surface area contributed by atoms with Crippen molar-refractivity contribution in [2.75, 3.05) is 38.0 Å². The van der Waals surface area contributed by atoms with E-state index in [9.17, 15) is 14.4 Å². The SMILES string of the molecule is CNC(=O)C=C1c2ccccc2N(C2C=CC(C(=O)Nc3ccccc3)=C(c3cccc(OC)c3OC)C2=C=O)CCC1(F)F. The number of para-hydroxylation sites is 3. The predicted molar refractivity (Wildman–Crippen MR) is 169 cm³/mol. The molecular weight excluding hydrogens is 580 g/mol. The van der Waals surface area contributed by atoms with Crippen molar-refractivity contribution in [3.05, 3.63) is 113 Å². The number of fused-ring (bicyclic) bond motifs is 1. The number of benzene rings is 3. The van der Waals surface area contributed by atoms with Crippen LogP contribution in [0.1, 0.15) is 17.5 Å². The molecule has 45 heavy (non-hydrogen) atoms. The van der Waals surface area contributed by atoms with Crippen LogP contribution >= 0.6 is 0 Å². The second-order valence-corrected chi connectivity index (χ2v) is 10.3. The van der Waals surface area contributed by atoms with E-state index >= 15 is 8.78 Å². The number of carbonyl (C=O) groups excluding carboxylic acids is 3. The zero-order chi connectivity index (χ0) is 32.1. The van der Waals surface area contributed by atoms with E-state index in [2.05, 4.69) is 10.6 Å². The molecule has 1 heterocycles. The number of nitrogens with one attached hydrogen (secondary N) is 2. The maximum absolute atomic E-state index is 15.7. The summed E-state index contributed by atoms with van der Waals surface area (Å²) in [6, 6.07) is 19.5. The maximum Gasteiger partial charge on any atom is 0.275 e. The Labute approximate surface area is 259 Å². The zero-order valence-electron chi connectivity index (χ0n) is 24.9. The summed E-state index contributed by atoms with van der Waals surface area (Å²) in [5.74, 6) is -1.83. The normalized spacial score (nSPS) is 18.1. The largest absolute Gasteiger partial charge is 0.493 e. The number of anilines is 2. The molecule has 230 valence electrons. The first-order chi connectivity index (χ1) is 21.7. The number of alkyl halides is 2. The minimum Gasteiger partial charge on any atom is -0.493 e. The van der Waals surface area contributed by atoms with Crippen LogP contribution in [0.2, 0.25) is 0 Å². The van der Waals surface area contributed by atoms with Crippen molar-refractivity contribution in [2.45, 2.75) is 18.4 Å². The number of ether oxygens (including phenoxy) is 2. The number of hydrogen-bond donors (Lipinski definition) is 2. The molecule has 10 heteroatoms. The lowest BCUT2D eigenvalue weighted by Crippen LogP contribution is -2.39. The fourth-order valence-electron chi connectivity index (χ4n) is 5.65. The number of methoxy groups -OCH3 is 2. The van der Waals surface area contributed by atoms with Crippen molar-refractivity contribution in [1.29, 1.82) is 0 Å². The Balaban J connectivity index is 1.69. The average molecular weight is 612 g/mol. The maximum atomic E-state index is 15.7. The monoisotopic (exact) mass is 611 g/mol. The first-order valence-electron chi connectivity index (χ1n) is 14.2. The first-order valence-corrected chi connectivity index (χ1v) is 14.2. The van der Waals surface area contributed by atoms with Gasteiger partial charge in [-0.1, -0.05) is 60.7 Å². The van der Waals surface area contributed by atoms with E-state index in [0.717, 1.165) is 6.08 Å². The third kappa shape index (κ3) is 6.01. The van der Waals surface area contributed by atoms with Crippen molar-refractivity contribution in [2.24, 2.45) is 0 Å². The molecular formula is C35H31F2N3O5. The van der Waals surface area contributed by atoms with Crippen molar-refractivity contribution in [3.63, 3.8) is 0 Å². The molecule has 0 bridgehead atoms. The van der Waals surface area contributed by atoms with Crippen LogP contribution in [0.4, 0.5) is 20.2 Å². The van der Waals surface area contributed by atoms with E-state index < -0.39 is 35.8 Å². The van der Waals surface area contributed by atoms with E-state index in [1.807, 2.05) is 12.0 Å². The van der Waals surface area contributed by atoms with Gasteiger partial charge in [0.1, 0.15) is 5.94 Å². The van der Waals surface area contributed by atoms with Gasteiger partial charge >= 0.3 is 0 Å². The molecule has 0 saturated carbocycles. The summed E-state index contributed by atoms with van der Waals surface area (Å²) in [7, 11) is 4.28. The Morgan fingerprint density at radius 3 is 2.38 bits per heavy atom. The average Bonchev–Trinajstić information content (AvgIpc) is 3.17. The van der Waals surface area contributed by atoms with Gasteiger partial charge < -0.3 is 25.0 Å². The standard InChI is InChI=1S/C35H31F2N3O5/c1-38-31(42)20-27-23-12-7-8-14-28(23)40(19-18-35(27,36)37)29-17-16-25(34(43)39-22-10-5-4-6-11-22)32(26(29)21-41)24-13-9-15-30(44-2)33(24)45-3/h4-17,20,29H,18-19H2,1-3H3,(H,38,42)(H,39,43). The third-order valence-corrected chi connectivity index (χ3v) is 7.76. The van der Waals surface area contributed by atoms with Crippen LogP contribution in [0.3, 0.4) is 0 Å². The van der Waals surface area contributed by atoms with Crippen molar-refractivity contribution in [3.8, 4) is 11.5 Å². The fourth-order valence-corrected chi connectivity index (χ4v) is 5.65. The predicted octanol–water partition coefficient (Wildman–Crippen LogP) is 5.47. The minimum absolute atomic E-state index is 0.0408. The van der Waals surface area contributed by atoms with Crippen LogP contribution in [0.25, 0.3) is 11.1 Å². The highest BCUT2D eigenvalue weighted by atomic mass is 19.3. The van der Waals surface area contributed by atoms with E-state index in [1.54, 1.807) is 77.7 Å². The first kappa shape index (κ1) is 31.0. The summed E-state index contributed by atoms with van der Waals surface area (Å²) in [6.45, 7) is -0.177. The molecule has 1 atom stereocenters. The van der Waals surface area contributed by atoms with Crippen LogP contribution in [0.15, 0.2) is 102 Å². The van der Waals surface area contributed by atoms with E-state index in [-0.39, 0.29) is 34.6 Å². The number of allylic oxidation sites excluding steroid dienone is 1. The summed E-state index contributed by atoms with van der Waals surface area (Å²) < 4.78 is 42.5. The molecule has 1 unspecified atom stereocenters. The van der Waals surface area contributed by atoms with Crippen molar-refractivity contribution in [1.82, 2.24) is 5.32 Å². The summed E-state index contributed by atoms with van der Waals surface area (Å²) in [6.07, 6.45) is 3.47. The van der Waals surface area contributed by atoms with Crippen LogP contribution in [-0.4, -0.2) is 57.5 Å². The molecule has 5 rings (SSSR count). The molecule has 1 aliphatic heterocycles. The molecule has 0 aromatic heterocycles. The van der Waals surface area contributed by atoms with Gasteiger partial charge in [0.25, 0.3) is 11.8 Å². The van der Waals surface area contributed by atoms with Gasteiger partial charge in [-0.25, -0.2) is 13.6 Å². The number of carbonyl (C=O) groups is 2. The summed E-state index contributed by atoms with van der Waals surface area (Å²) in [4.78, 5) is 40.7. The summed E-state index contributed by atoms with van der Waals surface area (Å²) in [5.41, 5.74) is 1.45. The quantitative estimate of drug-likeness (QED) is 0.272. The van der Waals surface area contributed by atoms with E-state index in [4.69, 9.17) is 9.47 Å². The topological polar surface area (TPSA) is 97.0 Å². The number of amides is 2. The van der Waals surface area contributed by atoms with Crippen molar-refractivity contribution < 1.29 is 32.6 Å². The zero-order valence-corrected chi connectivity index (χ0v) is 24.9. The van der Waals surface area contributed by atoms with E-state index in [1.165, 1.54) is 27.3 Å². The Morgan fingerprint density at radius 2 is 1.69 bits per heavy atom. The Morgan fingerprint density at radius 1 is 0.978 bits per heavy atom. The molecule has 8 nitrogen and oxygen atoms in total. The molecule has 2 aliphatic rings. The van der Waals surface area contributed by atoms with Gasteiger partial charge in [-0.3, -0.25) is 9.59 Å². The van der Waals surface area contributed by atoms with Crippen LogP contribution < -0.4 is 25.0 Å². The molecule has 0 radical (unpaired) electrons. The lowest BCUT2D eigenvalue weighted by atomic mass is 9.83. The Hall–Kier alpha value is -5.47. The lowest BCUT2D eigenvalue weighted by Gasteiger charge is -2.35. The van der Waals surface area contributed by atoms with Crippen LogP contribution in [-0.2, 0) is 14.4 Å². The molecule has 3 aromatic carbocycles. The van der Waals surface area contributed by atoms with Crippen LogP contribution in [0, 0.1) is 0 Å². The van der Waals surface area contributed by atoms with Gasteiger partial charge in [-0.05, 0) is 24.3 Å². The minimum atomic E-state index is -3.35. The van der Waals surface area contributed by atoms with E-state index in [0.29, 0.717) is 22.7 Å². The highest BCUT2D eigenvalue weighted by molar-refractivity contribution is 6.16. The molecule has 0 fully saturated rings. The Kier molecular flexibility index (Phi) is 8.97. The lowest BCUT2D eigenvalue weighted by molar-refractivity contribution is -0.116. The molecule has 2 N–H and O–H groups in total. The smallest absolute Gasteiger partial charge is 0.275 e. The summed E-state index contributed by atoms with van der Waals surface area (Å²) in [5, 5.41) is 5.23. The van der Waals surface area contributed by atoms with Gasteiger partial charge in [0, 0.05) is 65.3 Å². The second-order valence-electron chi connectivity index (χ2n) is 10.3. The molecule has 0 saturated heterocycles. The van der Waals surface area contributed by atoms with Crippen molar-refractivity contribution >= 4 is 40.3 Å². The molecule has 2 amide bonds. The highest BCUT2D eigenvalue weighted by Crippen LogP contribution is 2.47. The fraction of sp³-hybridized carbons (Fsp3) is 0.200. The number of rotatable bonds is 7. The highest BCUT2D eigenvalue weighted by Gasteiger charge is 2.43. The number of halogens is 2. The molecule has 0 spiro atoms. The van der Waals surface area contributed by atoms with Gasteiger partial charge in [0.05, 0.1) is 25.8 Å². The second kappa shape index (κ2) is 13.0. The number of nitrogens with zero attached hydrogens (tertiary/aromatic N) is 1. The van der Waals surface area contributed by atoms with Gasteiger partial charge in [-0.15, -0.1) is 0 Å². The third-order valence-electron chi connectivity index (χ3n) is 7.76. The Bertz CT molecular complexity index is 1770. The van der Waals surface area contributed by atoms with Gasteiger partial charge in [0.15, 0.2) is 11.5 Å². The number of hydrogen-bond acceptors (Lipinski definition) is 6. The van der Waals surface area contributed by atoms with Gasteiger partial charge in [0.2, 0.25) is 5.91 Å². The number of likely N-dealkylation sites (N-methyl/N-ethyl adjacent to an activating group) is 1. The summed E-state index contributed by atoms with van der Waals surface area (Å²) >= 11 is 0.